The first-order chi connectivity index (χ1) is 18.1. The zero-order chi connectivity index (χ0) is 29.2. The number of nitrogens with zero attached hydrogens (tertiary/aromatic N) is 3. The number of alkyl halides is 6. The van der Waals surface area contributed by atoms with Crippen molar-refractivity contribution in [1.82, 2.24) is 10.2 Å². The number of carbonyl (C=O) groups is 2. The normalized spacial score (nSPS) is 17.2. The standard InChI is InChI=1S/C24H22F7N5O3/c1-2-35(21(38)16-5-3-4-6-18(16)23(26,27)28)13-22(39,24(29,30)31)12-33-20(37)17-11-34-36(19(17)32)15-9-7-14(25)8-10-15/h3-11,17,32,39H,2,12-13H2,1H3,(H,33,37)/p+1. The Morgan fingerprint density at radius 1 is 1.08 bits per heavy atom. The van der Waals surface area contributed by atoms with Gasteiger partial charge in [-0.3, -0.25) is 15.3 Å². The maximum Gasteiger partial charge on any atom is 0.420 e. The minimum Gasteiger partial charge on any atom is -0.378 e. The lowest BCUT2D eigenvalue weighted by Gasteiger charge is -2.35. The minimum atomic E-state index is -5.41. The van der Waals surface area contributed by atoms with Gasteiger partial charge in [-0.25, -0.2) is 4.39 Å². The number of hydrogen-bond acceptors (Lipinski definition) is 5. The fourth-order valence-corrected chi connectivity index (χ4v) is 3.73. The number of amides is 2. The number of benzene rings is 2. The van der Waals surface area contributed by atoms with Crippen molar-refractivity contribution < 1.29 is 50.1 Å². The van der Waals surface area contributed by atoms with Crippen LogP contribution in [-0.2, 0) is 11.0 Å². The maximum absolute atomic E-state index is 13.9. The van der Waals surface area contributed by atoms with Gasteiger partial charge in [-0.1, -0.05) is 17.2 Å². The molecule has 0 saturated carbocycles. The van der Waals surface area contributed by atoms with Crippen LogP contribution in [0.5, 0.6) is 0 Å². The van der Waals surface area contributed by atoms with E-state index in [4.69, 9.17) is 5.73 Å². The number of nitrogens with one attached hydrogen (secondary N) is 1. The number of hydrazone groups is 1. The summed E-state index contributed by atoms with van der Waals surface area (Å²) in [5, 5.41) is 16.3. The lowest BCUT2D eigenvalue weighted by Crippen LogP contribution is -2.61. The van der Waals surface area contributed by atoms with Crippen LogP contribution in [0.15, 0.2) is 53.6 Å². The summed E-state index contributed by atoms with van der Waals surface area (Å²) in [7, 11) is 0. The highest BCUT2D eigenvalue weighted by molar-refractivity contribution is 6.14. The second-order valence-corrected chi connectivity index (χ2v) is 8.57. The van der Waals surface area contributed by atoms with E-state index in [-0.39, 0.29) is 11.5 Å². The summed E-state index contributed by atoms with van der Waals surface area (Å²) in [6.45, 7) is -2.19. The van der Waals surface area contributed by atoms with Crippen LogP contribution in [0.4, 0.5) is 36.4 Å². The molecule has 39 heavy (non-hydrogen) atoms. The summed E-state index contributed by atoms with van der Waals surface area (Å²) in [6, 6.07) is 8.36. The highest BCUT2D eigenvalue weighted by Gasteiger charge is 2.55. The Hall–Kier alpha value is -4.01. The molecule has 0 fully saturated rings. The van der Waals surface area contributed by atoms with Crippen LogP contribution in [0.2, 0.25) is 0 Å². The Labute approximate surface area is 217 Å². The SMILES string of the molecule is CCN(CC(O)(CNC(=O)C1C=N[N+](c2ccc(F)cc2)=C1N)C(F)(F)F)C(=O)c1ccccc1C(F)(F)F. The van der Waals surface area contributed by atoms with Gasteiger partial charge < -0.3 is 15.3 Å². The van der Waals surface area contributed by atoms with E-state index in [2.05, 4.69) is 5.10 Å². The lowest BCUT2D eigenvalue weighted by atomic mass is 10.00. The molecule has 4 N–H and O–H groups in total. The third kappa shape index (κ3) is 6.35. The molecular formula is C24H23F7N5O3+. The number of amidine groups is 1. The van der Waals surface area contributed by atoms with E-state index in [9.17, 15) is 45.4 Å². The lowest BCUT2D eigenvalue weighted by molar-refractivity contribution is -0.443. The molecule has 8 nitrogen and oxygen atoms in total. The van der Waals surface area contributed by atoms with E-state index in [1.807, 2.05) is 5.32 Å². The predicted molar refractivity (Wildman–Crippen MR) is 125 cm³/mol. The summed E-state index contributed by atoms with van der Waals surface area (Å²) >= 11 is 0. The molecule has 2 amide bonds. The van der Waals surface area contributed by atoms with Crippen LogP contribution < -0.4 is 11.1 Å². The molecule has 2 atom stereocenters. The average molecular weight is 562 g/mol. The van der Waals surface area contributed by atoms with Crippen molar-refractivity contribution in [2.24, 2.45) is 16.8 Å². The van der Waals surface area contributed by atoms with Crippen molar-refractivity contribution in [2.75, 3.05) is 19.6 Å². The fraction of sp³-hybridized carbons (Fsp3) is 0.333. The zero-order valence-corrected chi connectivity index (χ0v) is 20.2. The van der Waals surface area contributed by atoms with Gasteiger partial charge in [-0.15, -0.1) is 4.68 Å². The number of aliphatic hydroxyl groups is 1. The number of halogens is 7. The average Bonchev–Trinajstić information content (AvgIpc) is 3.26. The van der Waals surface area contributed by atoms with Crippen molar-refractivity contribution in [3.05, 3.63) is 65.5 Å². The predicted octanol–water partition coefficient (Wildman–Crippen LogP) is 3.03. The largest absolute Gasteiger partial charge is 0.420 e. The summed E-state index contributed by atoms with van der Waals surface area (Å²) in [5.41, 5.74) is 0.192. The van der Waals surface area contributed by atoms with Crippen LogP contribution in [0.3, 0.4) is 0 Å². The third-order valence-electron chi connectivity index (χ3n) is 5.92. The molecule has 1 aliphatic heterocycles. The highest BCUT2D eigenvalue weighted by atomic mass is 19.4. The molecule has 1 aliphatic rings. The molecule has 2 aromatic carbocycles. The molecule has 0 aliphatic carbocycles. The number of hydrogen-bond donors (Lipinski definition) is 3. The fourth-order valence-electron chi connectivity index (χ4n) is 3.73. The van der Waals surface area contributed by atoms with Crippen molar-refractivity contribution in [3.63, 3.8) is 0 Å². The van der Waals surface area contributed by atoms with E-state index >= 15 is 0 Å². The number of nitrogens with two attached hydrogens (primary N) is 1. The topological polar surface area (TPSA) is 111 Å². The molecule has 2 aromatic rings. The van der Waals surface area contributed by atoms with E-state index in [1.54, 1.807) is 0 Å². The summed E-state index contributed by atoms with van der Waals surface area (Å²) in [6.07, 6.45) is -9.34. The Morgan fingerprint density at radius 2 is 1.69 bits per heavy atom. The Kier molecular flexibility index (Phi) is 8.33. The van der Waals surface area contributed by atoms with Crippen molar-refractivity contribution in [2.45, 2.75) is 24.9 Å². The monoisotopic (exact) mass is 562 g/mol. The summed E-state index contributed by atoms with van der Waals surface area (Å²) < 4.78 is 96.1. The molecule has 0 bridgehead atoms. The van der Waals surface area contributed by atoms with Gasteiger partial charge in [0.2, 0.25) is 5.91 Å². The minimum absolute atomic E-state index is 0.219. The first-order valence-electron chi connectivity index (χ1n) is 11.3. The zero-order valence-electron chi connectivity index (χ0n) is 20.2. The molecule has 15 heteroatoms. The number of rotatable bonds is 8. The van der Waals surface area contributed by atoms with Crippen molar-refractivity contribution >= 4 is 29.6 Å². The van der Waals surface area contributed by atoms with E-state index in [0.29, 0.717) is 11.0 Å². The first kappa shape index (κ1) is 29.5. The molecule has 3 rings (SSSR count). The van der Waals surface area contributed by atoms with Gasteiger partial charge >= 0.3 is 12.4 Å². The summed E-state index contributed by atoms with van der Waals surface area (Å²) in [5.74, 6) is -4.60. The van der Waals surface area contributed by atoms with E-state index in [1.165, 1.54) is 19.1 Å². The molecular weight excluding hydrogens is 539 g/mol. The van der Waals surface area contributed by atoms with Crippen LogP contribution >= 0.6 is 0 Å². The van der Waals surface area contributed by atoms with E-state index in [0.717, 1.165) is 41.2 Å². The first-order valence-corrected chi connectivity index (χ1v) is 11.3. The Morgan fingerprint density at radius 3 is 2.26 bits per heavy atom. The quantitative estimate of drug-likeness (QED) is 0.339. The molecule has 0 aromatic heterocycles. The van der Waals surface area contributed by atoms with Crippen LogP contribution in [0, 0.1) is 11.7 Å². The molecule has 1 heterocycles. The van der Waals surface area contributed by atoms with Gasteiger partial charge in [0, 0.05) is 6.54 Å². The van der Waals surface area contributed by atoms with Crippen molar-refractivity contribution in [1.29, 1.82) is 0 Å². The molecule has 2 unspecified atom stereocenters. The molecule has 0 spiro atoms. The van der Waals surface area contributed by atoms with Crippen molar-refractivity contribution in [3.8, 4) is 0 Å². The molecule has 0 saturated heterocycles. The van der Waals surface area contributed by atoms with Gasteiger partial charge in [0.05, 0.1) is 30.4 Å². The second kappa shape index (κ2) is 11.0. The van der Waals surface area contributed by atoms with Gasteiger partial charge in [0.1, 0.15) is 5.82 Å². The molecule has 0 radical (unpaired) electrons. The molecule has 210 valence electrons. The van der Waals surface area contributed by atoms with Crippen LogP contribution in [-0.4, -0.2) is 70.0 Å². The maximum atomic E-state index is 13.9. The third-order valence-corrected chi connectivity index (χ3v) is 5.92. The van der Waals surface area contributed by atoms with Crippen LogP contribution in [0.1, 0.15) is 22.8 Å². The summed E-state index contributed by atoms with van der Waals surface area (Å²) in [4.78, 5) is 25.9. The number of carbonyl (C=O) groups excluding carboxylic acids is 2. The second-order valence-electron chi connectivity index (χ2n) is 8.57. The van der Waals surface area contributed by atoms with Gasteiger partial charge in [-0.2, -0.15) is 26.3 Å². The van der Waals surface area contributed by atoms with E-state index < -0.39 is 72.3 Å². The van der Waals surface area contributed by atoms with Gasteiger partial charge in [0.15, 0.2) is 17.2 Å². The Bertz CT molecular complexity index is 1290. The van der Waals surface area contributed by atoms with Gasteiger partial charge in [0.25, 0.3) is 11.7 Å². The van der Waals surface area contributed by atoms with Crippen LogP contribution in [0.25, 0.3) is 0 Å². The van der Waals surface area contributed by atoms with Gasteiger partial charge in [-0.05, 0) is 43.3 Å². The smallest absolute Gasteiger partial charge is 0.378 e. The number of likely N-dealkylation sites (N-methyl/N-ethyl adjacent to an activating group) is 1. The Balaban J connectivity index is 1.80. The highest BCUT2D eigenvalue weighted by Crippen LogP contribution is 2.34.